The van der Waals surface area contributed by atoms with Crippen molar-refractivity contribution in [1.82, 2.24) is 0 Å². The molecule has 0 heterocycles. The average Bonchev–Trinajstić information content (AvgIpc) is 2.08. The van der Waals surface area contributed by atoms with Crippen LogP contribution in [0, 0.1) is 5.82 Å². The summed E-state index contributed by atoms with van der Waals surface area (Å²) in [5, 5.41) is -0.156. The molecule has 1 aromatic rings. The topological polar surface area (TPSA) is 89.3 Å². The highest BCUT2D eigenvalue weighted by molar-refractivity contribution is 7.73. The van der Waals surface area contributed by atoms with Gasteiger partial charge in [0.2, 0.25) is 10.9 Å². The van der Waals surface area contributed by atoms with Crippen LogP contribution >= 0.6 is 11.6 Å². The van der Waals surface area contributed by atoms with Gasteiger partial charge in [-0.05, 0) is 12.1 Å². The Hall–Kier alpha value is -1.34. The van der Waals surface area contributed by atoms with Crippen LogP contribution in [-0.2, 0) is 10.9 Å². The standard InChI is InChI=1S/C7H6ClFN2O3S/c8-4-2-5(9)3(7(10)12)1-6(4)11-15(13)14/h1-2,15H,(H2,10,12)(H,11,13,14). The van der Waals surface area contributed by atoms with Crippen molar-refractivity contribution in [2.45, 2.75) is 0 Å². The van der Waals surface area contributed by atoms with Crippen LogP contribution in [0.1, 0.15) is 10.4 Å². The van der Waals surface area contributed by atoms with E-state index in [4.69, 9.17) is 17.3 Å². The molecular formula is C7H6ClFN2O3S. The van der Waals surface area contributed by atoms with Crippen LogP contribution in [0.4, 0.5) is 10.1 Å². The van der Waals surface area contributed by atoms with E-state index in [9.17, 15) is 17.6 Å². The quantitative estimate of drug-likeness (QED) is 0.685. The van der Waals surface area contributed by atoms with Crippen molar-refractivity contribution in [3.05, 3.63) is 28.5 Å². The van der Waals surface area contributed by atoms with Crippen molar-refractivity contribution in [1.29, 1.82) is 0 Å². The Morgan fingerprint density at radius 3 is 2.53 bits per heavy atom. The molecule has 0 aromatic heterocycles. The summed E-state index contributed by atoms with van der Waals surface area (Å²) in [5.41, 5.74) is 4.34. The summed E-state index contributed by atoms with van der Waals surface area (Å²) in [5.74, 6) is -1.91. The van der Waals surface area contributed by atoms with Crippen LogP contribution < -0.4 is 10.5 Å². The van der Waals surface area contributed by atoms with Gasteiger partial charge < -0.3 is 5.73 Å². The van der Waals surface area contributed by atoms with Crippen molar-refractivity contribution in [2.75, 3.05) is 4.72 Å². The Kier molecular flexibility index (Phi) is 3.48. The molecule has 1 rings (SSSR count). The zero-order chi connectivity index (χ0) is 11.6. The molecular weight excluding hydrogens is 247 g/mol. The minimum atomic E-state index is -2.94. The van der Waals surface area contributed by atoms with E-state index in [2.05, 4.69) is 0 Å². The third kappa shape index (κ3) is 2.80. The zero-order valence-electron chi connectivity index (χ0n) is 7.16. The lowest BCUT2D eigenvalue weighted by Gasteiger charge is -2.05. The van der Waals surface area contributed by atoms with E-state index in [1.165, 1.54) is 0 Å². The molecule has 0 atom stereocenters. The normalized spacial score (nSPS) is 10.3. The molecule has 0 saturated heterocycles. The average molecular weight is 253 g/mol. The smallest absolute Gasteiger partial charge is 0.251 e. The molecule has 1 aromatic carbocycles. The third-order valence-electron chi connectivity index (χ3n) is 1.53. The number of halogens is 2. The van der Waals surface area contributed by atoms with Crippen molar-refractivity contribution >= 4 is 34.1 Å². The predicted octanol–water partition coefficient (Wildman–Crippen LogP) is 0.516. The Morgan fingerprint density at radius 2 is 2.07 bits per heavy atom. The van der Waals surface area contributed by atoms with Gasteiger partial charge in [-0.1, -0.05) is 11.6 Å². The van der Waals surface area contributed by atoms with Crippen LogP contribution in [0.25, 0.3) is 0 Å². The first-order valence-electron chi connectivity index (χ1n) is 3.61. The predicted molar refractivity (Wildman–Crippen MR) is 53.9 cm³/mol. The first-order chi connectivity index (χ1) is 6.91. The van der Waals surface area contributed by atoms with Crippen molar-refractivity contribution in [3.63, 3.8) is 0 Å². The molecule has 1 amide bonds. The third-order valence-corrected chi connectivity index (χ3v) is 2.27. The van der Waals surface area contributed by atoms with E-state index in [1.807, 2.05) is 4.72 Å². The van der Waals surface area contributed by atoms with Gasteiger partial charge in [0.1, 0.15) is 5.82 Å². The lowest BCUT2D eigenvalue weighted by Crippen LogP contribution is -2.13. The lowest BCUT2D eigenvalue weighted by molar-refractivity contribution is 0.0996. The van der Waals surface area contributed by atoms with Crippen LogP contribution in [0.3, 0.4) is 0 Å². The van der Waals surface area contributed by atoms with Crippen LogP contribution in [0.2, 0.25) is 5.02 Å². The number of benzene rings is 1. The number of hydrogen-bond acceptors (Lipinski definition) is 3. The summed E-state index contributed by atoms with van der Waals surface area (Å²) < 4.78 is 35.7. The molecule has 0 aliphatic carbocycles. The second-order valence-electron chi connectivity index (χ2n) is 2.55. The lowest BCUT2D eigenvalue weighted by atomic mass is 10.2. The van der Waals surface area contributed by atoms with Crippen molar-refractivity contribution in [2.24, 2.45) is 5.73 Å². The fourth-order valence-corrected chi connectivity index (χ4v) is 1.57. The molecule has 0 radical (unpaired) electrons. The number of rotatable bonds is 3. The monoisotopic (exact) mass is 252 g/mol. The number of amides is 1. The summed E-state index contributed by atoms with van der Waals surface area (Å²) in [7, 11) is -2.94. The molecule has 0 fully saturated rings. The molecule has 8 heteroatoms. The summed E-state index contributed by atoms with van der Waals surface area (Å²) >= 11 is 5.53. The Labute approximate surface area is 91.1 Å². The molecule has 0 unspecified atom stereocenters. The Morgan fingerprint density at radius 1 is 1.47 bits per heavy atom. The van der Waals surface area contributed by atoms with E-state index in [0.717, 1.165) is 12.1 Å². The van der Waals surface area contributed by atoms with Gasteiger partial charge in [0.05, 0.1) is 16.3 Å². The van der Waals surface area contributed by atoms with Crippen LogP contribution in [-0.4, -0.2) is 14.3 Å². The van der Waals surface area contributed by atoms with Gasteiger partial charge in [-0.15, -0.1) is 0 Å². The molecule has 0 bridgehead atoms. The van der Waals surface area contributed by atoms with Crippen molar-refractivity contribution in [3.8, 4) is 0 Å². The molecule has 5 nitrogen and oxygen atoms in total. The minimum absolute atomic E-state index is 0.0945. The number of nitrogens with two attached hydrogens (primary N) is 1. The first-order valence-corrected chi connectivity index (χ1v) is 5.17. The maximum absolute atomic E-state index is 13.1. The number of thiol groups is 1. The molecule has 3 N–H and O–H groups in total. The fraction of sp³-hybridized carbons (Fsp3) is 0. The van der Waals surface area contributed by atoms with Gasteiger partial charge in [-0.25, -0.2) is 12.8 Å². The van der Waals surface area contributed by atoms with E-state index in [1.54, 1.807) is 0 Å². The van der Waals surface area contributed by atoms with Gasteiger partial charge in [-0.3, -0.25) is 9.52 Å². The summed E-state index contributed by atoms with van der Waals surface area (Å²) in [6.45, 7) is 0. The van der Waals surface area contributed by atoms with E-state index in [0.29, 0.717) is 0 Å². The van der Waals surface area contributed by atoms with E-state index in [-0.39, 0.29) is 10.7 Å². The zero-order valence-corrected chi connectivity index (χ0v) is 8.81. The van der Waals surface area contributed by atoms with E-state index < -0.39 is 28.2 Å². The fourth-order valence-electron chi connectivity index (χ4n) is 0.922. The number of primary amides is 1. The number of anilines is 1. The molecule has 0 saturated carbocycles. The van der Waals surface area contributed by atoms with Gasteiger partial charge in [0.15, 0.2) is 0 Å². The van der Waals surface area contributed by atoms with Crippen LogP contribution in [0.5, 0.6) is 0 Å². The summed E-state index contributed by atoms with van der Waals surface area (Å²) in [6.07, 6.45) is 0. The highest BCUT2D eigenvalue weighted by Gasteiger charge is 2.12. The second-order valence-corrected chi connectivity index (χ2v) is 3.69. The van der Waals surface area contributed by atoms with Gasteiger partial charge in [0.25, 0.3) is 5.91 Å². The van der Waals surface area contributed by atoms with Gasteiger partial charge >= 0.3 is 0 Å². The highest BCUT2D eigenvalue weighted by atomic mass is 35.5. The molecule has 82 valence electrons. The highest BCUT2D eigenvalue weighted by Crippen LogP contribution is 2.25. The first kappa shape index (κ1) is 11.7. The SMILES string of the molecule is NC(=O)c1cc(N[SH](=O)=O)c(Cl)cc1F. The number of hydrogen-bond donors (Lipinski definition) is 3. The number of nitrogens with one attached hydrogen (secondary N) is 1. The maximum Gasteiger partial charge on any atom is 0.251 e. The summed E-state index contributed by atoms with van der Waals surface area (Å²) in [6, 6.07) is 1.74. The molecule has 0 aliphatic heterocycles. The van der Waals surface area contributed by atoms with Crippen molar-refractivity contribution < 1.29 is 17.6 Å². The summed E-state index contributed by atoms with van der Waals surface area (Å²) in [4.78, 5) is 10.7. The molecule has 15 heavy (non-hydrogen) atoms. The largest absolute Gasteiger partial charge is 0.366 e. The molecule has 0 aliphatic rings. The van der Waals surface area contributed by atoms with E-state index >= 15 is 0 Å². The minimum Gasteiger partial charge on any atom is -0.366 e. The second kappa shape index (κ2) is 4.45. The Bertz CT molecular complexity index is 481. The van der Waals surface area contributed by atoms with Gasteiger partial charge in [-0.2, -0.15) is 0 Å². The Balaban J connectivity index is 3.29. The van der Waals surface area contributed by atoms with Gasteiger partial charge in [0, 0.05) is 0 Å². The number of carbonyl (C=O) groups is 1. The molecule has 0 spiro atoms. The number of carbonyl (C=O) groups excluding carboxylic acids is 1. The maximum atomic E-state index is 13.1. The van der Waals surface area contributed by atoms with Crippen LogP contribution in [0.15, 0.2) is 12.1 Å².